The summed E-state index contributed by atoms with van der Waals surface area (Å²) in [5.74, 6) is 0. The van der Waals surface area contributed by atoms with E-state index in [1.54, 1.807) is 12.3 Å². The summed E-state index contributed by atoms with van der Waals surface area (Å²) in [7, 11) is 0. The third kappa shape index (κ3) is 3.40. The van der Waals surface area contributed by atoms with Crippen molar-refractivity contribution in [1.82, 2.24) is 9.55 Å². The maximum absolute atomic E-state index is 12.8. The van der Waals surface area contributed by atoms with Gasteiger partial charge in [0.2, 0.25) is 0 Å². The van der Waals surface area contributed by atoms with Crippen LogP contribution in [0.1, 0.15) is 5.56 Å². The molecule has 7 heteroatoms. The Morgan fingerprint density at radius 1 is 1.04 bits per heavy atom. The summed E-state index contributed by atoms with van der Waals surface area (Å²) in [4.78, 5) is 3.02. The number of nitrogens with zero attached hydrogens (tertiary/aromatic N) is 1. The smallest absolute Gasteiger partial charge is 0.330 e. The molecule has 0 saturated carbocycles. The number of aromatic nitrogens is 2. The first kappa shape index (κ1) is 16.0. The van der Waals surface area contributed by atoms with Crippen LogP contribution in [0.5, 0.6) is 0 Å². The molecule has 0 aliphatic heterocycles. The van der Waals surface area contributed by atoms with E-state index < -0.39 is 11.7 Å². The fourth-order valence-corrected chi connectivity index (χ4v) is 2.73. The molecule has 1 heterocycles. The molecule has 23 heavy (non-hydrogen) atoms. The normalized spacial score (nSPS) is 11.7. The molecule has 3 aromatic rings. The van der Waals surface area contributed by atoms with Gasteiger partial charge in [-0.15, -0.1) is 0 Å². The number of hydrogen-bond donors (Lipinski definition) is 1. The zero-order valence-corrected chi connectivity index (χ0v) is 14.0. The molecule has 2 nitrogen and oxygen atoms in total. The molecule has 118 valence electrons. The Morgan fingerprint density at radius 2 is 1.74 bits per heavy atom. The van der Waals surface area contributed by atoms with Crippen molar-refractivity contribution in [2.75, 3.05) is 0 Å². The van der Waals surface area contributed by atoms with E-state index in [4.69, 9.17) is 12.2 Å². The van der Waals surface area contributed by atoms with Gasteiger partial charge in [0.1, 0.15) is 0 Å². The molecule has 2 aromatic carbocycles. The van der Waals surface area contributed by atoms with E-state index in [1.807, 2.05) is 24.3 Å². The van der Waals surface area contributed by atoms with E-state index in [-0.39, 0.29) is 0 Å². The molecular formula is C16H10BrF3N2S. The molecular weight excluding hydrogens is 389 g/mol. The highest BCUT2D eigenvalue weighted by Crippen LogP contribution is 2.31. The monoisotopic (exact) mass is 398 g/mol. The standard InChI is InChI=1S/C16H10BrF3N2S/c17-12-6-4-10(5-7-12)14-9-22(15(23)21-14)13-3-1-2-11(8-13)16(18,19)20/h1-9H,(H,21,23). The fraction of sp³-hybridized carbons (Fsp3) is 0.0625. The third-order valence-corrected chi connectivity index (χ3v) is 4.15. The second-order valence-electron chi connectivity index (χ2n) is 4.90. The van der Waals surface area contributed by atoms with Gasteiger partial charge in [-0.3, -0.25) is 4.57 Å². The summed E-state index contributed by atoms with van der Waals surface area (Å²) in [6, 6.07) is 12.6. The minimum atomic E-state index is -4.39. The van der Waals surface area contributed by atoms with Crippen LogP contribution in [0.15, 0.2) is 59.2 Å². The van der Waals surface area contributed by atoms with Gasteiger partial charge in [0, 0.05) is 16.4 Å². The van der Waals surface area contributed by atoms with Gasteiger partial charge in [-0.1, -0.05) is 34.1 Å². The summed E-state index contributed by atoms with van der Waals surface area (Å²) in [5, 5.41) is 0. The molecule has 1 aromatic heterocycles. The molecule has 0 aliphatic rings. The number of benzene rings is 2. The number of aromatic amines is 1. The maximum atomic E-state index is 12.8. The van der Waals surface area contributed by atoms with Crippen LogP contribution in [-0.2, 0) is 6.18 Å². The highest BCUT2D eigenvalue weighted by atomic mass is 79.9. The maximum Gasteiger partial charge on any atom is 0.416 e. The Morgan fingerprint density at radius 3 is 2.39 bits per heavy atom. The summed E-state index contributed by atoms with van der Waals surface area (Å²) in [5.41, 5.74) is 1.29. The molecule has 0 atom stereocenters. The fourth-order valence-electron chi connectivity index (χ4n) is 2.20. The van der Waals surface area contributed by atoms with Gasteiger partial charge in [0.15, 0.2) is 4.77 Å². The summed E-state index contributed by atoms with van der Waals surface area (Å²) in [6.07, 6.45) is -2.69. The topological polar surface area (TPSA) is 20.7 Å². The van der Waals surface area contributed by atoms with Gasteiger partial charge in [0.25, 0.3) is 0 Å². The molecule has 0 bridgehead atoms. The lowest BCUT2D eigenvalue weighted by molar-refractivity contribution is -0.137. The summed E-state index contributed by atoms with van der Waals surface area (Å²) in [6.45, 7) is 0. The van der Waals surface area contributed by atoms with Crippen LogP contribution >= 0.6 is 28.1 Å². The van der Waals surface area contributed by atoms with E-state index in [0.29, 0.717) is 10.5 Å². The SMILES string of the molecule is FC(F)(F)c1cccc(-n2cc(-c3ccc(Br)cc3)[nH]c2=S)c1. The number of halogens is 4. The van der Waals surface area contributed by atoms with Crippen LogP contribution in [-0.4, -0.2) is 9.55 Å². The van der Waals surface area contributed by atoms with Gasteiger partial charge < -0.3 is 4.98 Å². The molecule has 0 radical (unpaired) electrons. The lowest BCUT2D eigenvalue weighted by Crippen LogP contribution is -2.05. The zero-order chi connectivity index (χ0) is 16.6. The van der Waals surface area contributed by atoms with Crippen molar-refractivity contribution in [3.8, 4) is 16.9 Å². The first-order valence-electron chi connectivity index (χ1n) is 6.60. The Balaban J connectivity index is 2.05. The van der Waals surface area contributed by atoms with Crippen molar-refractivity contribution in [3.05, 3.63) is 69.5 Å². The van der Waals surface area contributed by atoms with Gasteiger partial charge in [-0.25, -0.2) is 0 Å². The van der Waals surface area contributed by atoms with Crippen molar-refractivity contribution < 1.29 is 13.2 Å². The Hall–Kier alpha value is -1.86. The Labute approximate surface area is 143 Å². The second kappa shape index (κ2) is 5.98. The average Bonchev–Trinajstić information content (AvgIpc) is 2.89. The predicted molar refractivity (Wildman–Crippen MR) is 89.1 cm³/mol. The van der Waals surface area contributed by atoms with Crippen LogP contribution in [0.2, 0.25) is 0 Å². The molecule has 0 saturated heterocycles. The van der Waals surface area contributed by atoms with E-state index >= 15 is 0 Å². The van der Waals surface area contributed by atoms with Gasteiger partial charge in [-0.2, -0.15) is 13.2 Å². The largest absolute Gasteiger partial charge is 0.416 e. The van der Waals surface area contributed by atoms with Crippen molar-refractivity contribution in [3.63, 3.8) is 0 Å². The minimum Gasteiger partial charge on any atom is -0.330 e. The van der Waals surface area contributed by atoms with Crippen LogP contribution in [0, 0.1) is 4.77 Å². The quantitative estimate of drug-likeness (QED) is 0.526. The first-order chi connectivity index (χ1) is 10.8. The van der Waals surface area contributed by atoms with Gasteiger partial charge in [-0.05, 0) is 48.1 Å². The van der Waals surface area contributed by atoms with Crippen LogP contribution in [0.4, 0.5) is 13.2 Å². The Bertz CT molecular complexity index is 895. The molecule has 0 unspecified atom stereocenters. The number of nitrogens with one attached hydrogen (secondary N) is 1. The van der Waals surface area contributed by atoms with Crippen molar-refractivity contribution in [2.24, 2.45) is 0 Å². The predicted octanol–water partition coefficient (Wildman–Crippen LogP) is 5.98. The minimum absolute atomic E-state index is 0.335. The van der Waals surface area contributed by atoms with Crippen LogP contribution in [0.3, 0.4) is 0 Å². The molecule has 0 aliphatic carbocycles. The highest BCUT2D eigenvalue weighted by Gasteiger charge is 2.30. The van der Waals surface area contributed by atoms with Crippen LogP contribution < -0.4 is 0 Å². The van der Waals surface area contributed by atoms with E-state index in [9.17, 15) is 13.2 Å². The summed E-state index contributed by atoms with van der Waals surface area (Å²) >= 11 is 8.59. The number of hydrogen-bond acceptors (Lipinski definition) is 1. The molecule has 3 rings (SSSR count). The van der Waals surface area contributed by atoms with Gasteiger partial charge in [0.05, 0.1) is 11.3 Å². The lowest BCUT2D eigenvalue weighted by Gasteiger charge is -2.09. The van der Waals surface area contributed by atoms with Gasteiger partial charge >= 0.3 is 6.18 Å². The molecule has 0 spiro atoms. The second-order valence-corrected chi connectivity index (χ2v) is 6.20. The first-order valence-corrected chi connectivity index (χ1v) is 7.80. The number of imidazole rings is 1. The lowest BCUT2D eigenvalue weighted by atomic mass is 10.2. The number of rotatable bonds is 2. The van der Waals surface area contributed by atoms with E-state index in [1.165, 1.54) is 10.6 Å². The van der Waals surface area contributed by atoms with Crippen LogP contribution in [0.25, 0.3) is 16.9 Å². The molecule has 1 N–H and O–H groups in total. The molecule has 0 fully saturated rings. The summed E-state index contributed by atoms with van der Waals surface area (Å²) < 4.78 is 41.3. The Kier molecular flexibility index (Phi) is 4.16. The molecule has 0 amide bonds. The van der Waals surface area contributed by atoms with E-state index in [2.05, 4.69) is 20.9 Å². The number of H-pyrrole nitrogens is 1. The average molecular weight is 399 g/mol. The van der Waals surface area contributed by atoms with Crippen molar-refractivity contribution in [2.45, 2.75) is 6.18 Å². The zero-order valence-electron chi connectivity index (χ0n) is 11.6. The van der Waals surface area contributed by atoms with E-state index in [0.717, 1.165) is 27.9 Å². The van der Waals surface area contributed by atoms with Crippen molar-refractivity contribution >= 4 is 28.1 Å². The number of alkyl halides is 3. The third-order valence-electron chi connectivity index (χ3n) is 3.33. The van der Waals surface area contributed by atoms with Crippen molar-refractivity contribution in [1.29, 1.82) is 0 Å². The highest BCUT2D eigenvalue weighted by molar-refractivity contribution is 9.10.